The fourth-order valence-corrected chi connectivity index (χ4v) is 6.42. The molecule has 1 saturated heterocycles. The number of carbonyl (C=O) groups excluding carboxylic acids is 1. The number of hydrogen-bond donors (Lipinski definition) is 1. The summed E-state index contributed by atoms with van der Waals surface area (Å²) in [6.45, 7) is 0.629. The van der Waals surface area contributed by atoms with Crippen LogP contribution in [0, 0.1) is 0 Å². The Bertz CT molecular complexity index is 1730. The summed E-state index contributed by atoms with van der Waals surface area (Å²) >= 11 is 6.02. The summed E-state index contributed by atoms with van der Waals surface area (Å²) in [7, 11) is -7.36. The molecule has 10 nitrogen and oxygen atoms in total. The van der Waals surface area contributed by atoms with Crippen LogP contribution in [0.3, 0.4) is 0 Å². The highest BCUT2D eigenvalue weighted by Crippen LogP contribution is 2.27. The van der Waals surface area contributed by atoms with E-state index in [2.05, 4.69) is 15.0 Å². The number of benzene rings is 2. The van der Waals surface area contributed by atoms with Crippen LogP contribution in [0.25, 0.3) is 22.2 Å². The van der Waals surface area contributed by atoms with Crippen LogP contribution < -0.4 is 0 Å². The number of aromatic nitrogens is 3. The molecule has 4 aromatic rings. The van der Waals surface area contributed by atoms with Crippen LogP contribution >= 0.6 is 11.6 Å². The number of sulfone groups is 1. The van der Waals surface area contributed by atoms with Crippen LogP contribution in [0.1, 0.15) is 10.4 Å². The highest BCUT2D eigenvalue weighted by atomic mass is 35.5. The number of nitrogens with one attached hydrogen (secondary N) is 1. The van der Waals surface area contributed by atoms with E-state index >= 15 is 0 Å². The molecule has 192 valence electrons. The third-order valence-electron chi connectivity index (χ3n) is 6.16. The summed E-state index contributed by atoms with van der Waals surface area (Å²) < 4.78 is 51.7. The van der Waals surface area contributed by atoms with Crippen LogP contribution in [0.5, 0.6) is 0 Å². The zero-order valence-electron chi connectivity index (χ0n) is 19.6. The summed E-state index contributed by atoms with van der Waals surface area (Å²) in [5.74, 6) is -0.299. The fraction of sp³-hybridized carbons (Fsp3) is 0.208. The van der Waals surface area contributed by atoms with Crippen molar-refractivity contribution in [3.63, 3.8) is 0 Å². The van der Waals surface area contributed by atoms with Crippen molar-refractivity contribution in [1.82, 2.24) is 24.2 Å². The smallest absolute Gasteiger partial charge is 0.258 e. The van der Waals surface area contributed by atoms with Gasteiger partial charge in [0.05, 0.1) is 5.69 Å². The third kappa shape index (κ3) is 4.97. The van der Waals surface area contributed by atoms with Gasteiger partial charge in [0.25, 0.3) is 15.9 Å². The monoisotopic (exact) mass is 559 g/mol. The lowest BCUT2D eigenvalue weighted by Gasteiger charge is -2.34. The molecular weight excluding hydrogens is 538 g/mol. The minimum absolute atomic E-state index is 0.0698. The first-order valence-electron chi connectivity index (χ1n) is 11.2. The number of halogens is 1. The van der Waals surface area contributed by atoms with Gasteiger partial charge in [0.1, 0.15) is 11.4 Å². The van der Waals surface area contributed by atoms with Crippen molar-refractivity contribution in [3.05, 3.63) is 71.5 Å². The van der Waals surface area contributed by atoms with Gasteiger partial charge in [-0.2, -0.15) is 4.31 Å². The maximum absolute atomic E-state index is 13.4. The van der Waals surface area contributed by atoms with Gasteiger partial charge in [-0.1, -0.05) is 29.8 Å². The molecule has 13 heteroatoms. The Morgan fingerprint density at radius 1 is 0.946 bits per heavy atom. The van der Waals surface area contributed by atoms with E-state index in [1.165, 1.54) is 10.4 Å². The standard InChI is InChI=1S/C24H22ClN5O5S2/c1-36(32,33)22-14-21(26-15-27-22)18-4-2-3-5-19(18)24(31)29-8-10-30(11-9-29)37(34,35)23-13-16-12-17(25)6-7-20(16)28-23/h2-7,12-15,28H,8-11H2,1H3. The molecule has 0 saturated carbocycles. The van der Waals surface area contributed by atoms with E-state index in [9.17, 15) is 21.6 Å². The number of amides is 1. The summed E-state index contributed by atoms with van der Waals surface area (Å²) in [6.07, 6.45) is 2.20. The number of H-pyrrole nitrogens is 1. The third-order valence-corrected chi connectivity index (χ3v) is 9.20. The number of sulfonamides is 1. The van der Waals surface area contributed by atoms with Crippen molar-refractivity contribution in [1.29, 1.82) is 0 Å². The maximum atomic E-state index is 13.4. The highest BCUT2D eigenvalue weighted by molar-refractivity contribution is 7.90. The number of nitrogens with zero attached hydrogens (tertiary/aromatic N) is 4. The summed E-state index contributed by atoms with van der Waals surface area (Å²) in [6, 6.07) is 14.7. The molecule has 0 atom stereocenters. The van der Waals surface area contributed by atoms with Crippen LogP contribution in [0.4, 0.5) is 0 Å². The zero-order valence-corrected chi connectivity index (χ0v) is 22.0. The largest absolute Gasteiger partial charge is 0.345 e. The van der Waals surface area contributed by atoms with Gasteiger partial charge in [-0.05, 0) is 30.3 Å². The number of aromatic amines is 1. The molecule has 0 aliphatic carbocycles. The second-order valence-corrected chi connectivity index (χ2v) is 12.9. The molecule has 2 aromatic carbocycles. The molecule has 0 spiro atoms. The Labute approximate surface area is 218 Å². The van der Waals surface area contributed by atoms with Crippen LogP contribution in [0.2, 0.25) is 5.02 Å². The van der Waals surface area contributed by atoms with Gasteiger partial charge in [-0.15, -0.1) is 0 Å². The predicted molar refractivity (Wildman–Crippen MR) is 139 cm³/mol. The average molecular weight is 560 g/mol. The van der Waals surface area contributed by atoms with Crippen molar-refractivity contribution in [2.45, 2.75) is 10.1 Å². The molecule has 0 bridgehead atoms. The molecule has 1 fully saturated rings. The molecule has 0 unspecified atom stereocenters. The molecule has 0 radical (unpaired) electrons. The zero-order chi connectivity index (χ0) is 26.4. The molecule has 5 rings (SSSR count). The Kier molecular flexibility index (Phi) is 6.52. The van der Waals surface area contributed by atoms with E-state index in [4.69, 9.17) is 11.6 Å². The molecule has 3 heterocycles. The number of piperazine rings is 1. The summed E-state index contributed by atoms with van der Waals surface area (Å²) in [5.41, 5.74) is 1.77. The summed E-state index contributed by atoms with van der Waals surface area (Å²) in [4.78, 5) is 25.9. The van der Waals surface area contributed by atoms with E-state index in [1.54, 1.807) is 53.4 Å². The normalized spacial score (nSPS) is 15.2. The van der Waals surface area contributed by atoms with Crippen LogP contribution in [0.15, 0.2) is 71.0 Å². The molecule has 1 aliphatic rings. The van der Waals surface area contributed by atoms with Gasteiger partial charge >= 0.3 is 0 Å². The predicted octanol–water partition coefficient (Wildman–Crippen LogP) is 2.83. The lowest BCUT2D eigenvalue weighted by atomic mass is 10.0. The Morgan fingerprint density at radius 2 is 1.68 bits per heavy atom. The first-order valence-corrected chi connectivity index (χ1v) is 14.9. The molecule has 1 N–H and O–H groups in total. The van der Waals surface area contributed by atoms with Crippen molar-refractivity contribution in [2.24, 2.45) is 0 Å². The Morgan fingerprint density at radius 3 is 2.41 bits per heavy atom. The van der Waals surface area contributed by atoms with Gasteiger partial charge in [-0.3, -0.25) is 4.79 Å². The van der Waals surface area contributed by atoms with Gasteiger partial charge in [0.15, 0.2) is 14.9 Å². The number of carbonyl (C=O) groups is 1. The van der Waals surface area contributed by atoms with Gasteiger partial charge < -0.3 is 9.88 Å². The van der Waals surface area contributed by atoms with E-state index in [-0.39, 0.29) is 42.1 Å². The fourth-order valence-electron chi connectivity index (χ4n) is 4.24. The van der Waals surface area contributed by atoms with Gasteiger partial charge in [0, 0.05) is 65.6 Å². The second-order valence-electron chi connectivity index (χ2n) is 8.62. The van der Waals surface area contributed by atoms with Gasteiger partial charge in [0.2, 0.25) is 0 Å². The van der Waals surface area contributed by atoms with Crippen molar-refractivity contribution in [3.8, 4) is 11.3 Å². The Balaban J connectivity index is 1.35. The highest BCUT2D eigenvalue weighted by Gasteiger charge is 2.32. The van der Waals surface area contributed by atoms with Crippen LogP contribution in [-0.2, 0) is 19.9 Å². The van der Waals surface area contributed by atoms with E-state index in [0.717, 1.165) is 12.6 Å². The average Bonchev–Trinajstić information content (AvgIpc) is 3.32. The minimum atomic E-state index is -3.80. The SMILES string of the molecule is CS(=O)(=O)c1cc(-c2ccccc2C(=O)N2CCN(S(=O)(=O)c3cc4cc(Cl)ccc4[nH]3)CC2)ncn1. The first-order chi connectivity index (χ1) is 17.5. The Hall–Kier alpha value is -3.32. The molecule has 1 amide bonds. The number of rotatable bonds is 5. The lowest BCUT2D eigenvalue weighted by molar-refractivity contribution is 0.0698. The maximum Gasteiger partial charge on any atom is 0.258 e. The minimum Gasteiger partial charge on any atom is -0.345 e. The van der Waals surface area contributed by atoms with Crippen LogP contribution in [-0.4, -0.2) is 79.3 Å². The molecule has 37 heavy (non-hydrogen) atoms. The van der Waals surface area contributed by atoms with Crippen molar-refractivity contribution >= 4 is 48.3 Å². The van der Waals surface area contributed by atoms with Crippen molar-refractivity contribution < 1.29 is 21.6 Å². The molecule has 1 aliphatic heterocycles. The first kappa shape index (κ1) is 25.3. The number of hydrogen-bond acceptors (Lipinski definition) is 7. The quantitative estimate of drug-likeness (QED) is 0.372. The second kappa shape index (κ2) is 9.53. The lowest BCUT2D eigenvalue weighted by Crippen LogP contribution is -2.50. The van der Waals surface area contributed by atoms with E-state index < -0.39 is 19.9 Å². The molecule has 2 aromatic heterocycles. The molecular formula is C24H22ClN5O5S2. The van der Waals surface area contributed by atoms with E-state index in [1.807, 2.05) is 0 Å². The summed E-state index contributed by atoms with van der Waals surface area (Å²) in [5, 5.41) is 1.13. The van der Waals surface area contributed by atoms with Gasteiger partial charge in [-0.25, -0.2) is 26.8 Å². The number of fused-ring (bicyclic) bond motifs is 1. The van der Waals surface area contributed by atoms with Crippen molar-refractivity contribution in [2.75, 3.05) is 32.4 Å². The topological polar surface area (TPSA) is 133 Å². The van der Waals surface area contributed by atoms with E-state index in [0.29, 0.717) is 32.7 Å².